The summed E-state index contributed by atoms with van der Waals surface area (Å²) in [5, 5.41) is 2.78. The van der Waals surface area contributed by atoms with Crippen LogP contribution in [-0.2, 0) is 6.42 Å². The fraction of sp³-hybridized carbons (Fsp3) is 0.167. The standard InChI is InChI=1S/C18H17N3O2/c1-13-7-8-16-20-11-15(18(23)21(16)12-13)17(22)19-10-9-14-5-3-2-4-6-14/h2-8,11-12H,9-10H2,1H3,(H,19,22). The van der Waals surface area contributed by atoms with Gasteiger partial charge in [0.1, 0.15) is 11.2 Å². The number of hydrogen-bond donors (Lipinski definition) is 1. The van der Waals surface area contributed by atoms with E-state index in [0.29, 0.717) is 18.6 Å². The smallest absolute Gasteiger partial charge is 0.270 e. The monoisotopic (exact) mass is 307 g/mol. The number of benzene rings is 1. The number of nitrogens with one attached hydrogen (secondary N) is 1. The third-order valence-electron chi connectivity index (χ3n) is 3.64. The summed E-state index contributed by atoms with van der Waals surface area (Å²) in [7, 11) is 0. The van der Waals surface area contributed by atoms with E-state index >= 15 is 0 Å². The van der Waals surface area contributed by atoms with Crippen LogP contribution >= 0.6 is 0 Å². The topological polar surface area (TPSA) is 63.5 Å². The minimum atomic E-state index is -0.394. The van der Waals surface area contributed by atoms with Crippen LogP contribution in [0.25, 0.3) is 5.65 Å². The number of hydrogen-bond acceptors (Lipinski definition) is 3. The van der Waals surface area contributed by atoms with Crippen LogP contribution in [-0.4, -0.2) is 21.8 Å². The zero-order valence-corrected chi connectivity index (χ0v) is 12.8. The Bertz CT molecular complexity index is 901. The van der Waals surface area contributed by atoms with E-state index in [1.807, 2.05) is 43.3 Å². The van der Waals surface area contributed by atoms with Crippen LogP contribution in [0.15, 0.2) is 59.7 Å². The first-order valence-corrected chi connectivity index (χ1v) is 7.45. The maximum atomic E-state index is 12.4. The second kappa shape index (κ2) is 6.44. The lowest BCUT2D eigenvalue weighted by atomic mass is 10.1. The number of aromatic nitrogens is 2. The number of rotatable bonds is 4. The summed E-state index contributed by atoms with van der Waals surface area (Å²) >= 11 is 0. The quantitative estimate of drug-likeness (QED) is 0.801. The van der Waals surface area contributed by atoms with Gasteiger partial charge in [0.15, 0.2) is 0 Å². The average Bonchev–Trinajstić information content (AvgIpc) is 2.56. The van der Waals surface area contributed by atoms with E-state index in [0.717, 1.165) is 11.1 Å². The van der Waals surface area contributed by atoms with E-state index in [9.17, 15) is 9.59 Å². The maximum absolute atomic E-state index is 12.4. The van der Waals surface area contributed by atoms with Gasteiger partial charge < -0.3 is 5.32 Å². The van der Waals surface area contributed by atoms with Gasteiger partial charge in [0, 0.05) is 18.9 Å². The van der Waals surface area contributed by atoms with Crippen molar-refractivity contribution in [2.75, 3.05) is 6.54 Å². The van der Waals surface area contributed by atoms with E-state index in [2.05, 4.69) is 10.3 Å². The Hall–Kier alpha value is -2.95. The van der Waals surface area contributed by atoms with Crippen molar-refractivity contribution >= 4 is 11.6 Å². The molecular weight excluding hydrogens is 290 g/mol. The first-order valence-electron chi connectivity index (χ1n) is 7.45. The Labute approximate surface area is 133 Å². The van der Waals surface area contributed by atoms with Crippen LogP contribution in [0.5, 0.6) is 0 Å². The van der Waals surface area contributed by atoms with E-state index in [1.54, 1.807) is 12.3 Å². The van der Waals surface area contributed by atoms with E-state index in [4.69, 9.17) is 0 Å². The molecule has 0 saturated carbocycles. The van der Waals surface area contributed by atoms with Gasteiger partial charge in [-0.1, -0.05) is 36.4 Å². The van der Waals surface area contributed by atoms with Gasteiger partial charge in [0.05, 0.1) is 0 Å². The van der Waals surface area contributed by atoms with Crippen molar-refractivity contribution in [2.24, 2.45) is 0 Å². The molecule has 0 radical (unpaired) electrons. The maximum Gasteiger partial charge on any atom is 0.270 e. The fourth-order valence-corrected chi connectivity index (χ4v) is 2.40. The molecule has 0 aliphatic rings. The predicted molar refractivity (Wildman–Crippen MR) is 88.7 cm³/mol. The SMILES string of the molecule is Cc1ccc2ncc(C(=O)NCCc3ccccc3)c(=O)n2c1. The summed E-state index contributed by atoms with van der Waals surface area (Å²) in [4.78, 5) is 28.8. The second-order valence-corrected chi connectivity index (χ2v) is 5.40. The zero-order valence-electron chi connectivity index (χ0n) is 12.8. The van der Waals surface area contributed by atoms with Crippen molar-refractivity contribution < 1.29 is 4.79 Å². The molecule has 5 nitrogen and oxygen atoms in total. The Morgan fingerprint density at radius 2 is 1.96 bits per heavy atom. The number of pyridine rings is 1. The van der Waals surface area contributed by atoms with Gasteiger partial charge in [0.2, 0.25) is 0 Å². The molecule has 3 aromatic rings. The number of amides is 1. The number of aryl methyl sites for hydroxylation is 1. The number of fused-ring (bicyclic) bond motifs is 1. The Kier molecular flexibility index (Phi) is 4.19. The van der Waals surface area contributed by atoms with Crippen LogP contribution in [0.1, 0.15) is 21.5 Å². The molecule has 1 aromatic carbocycles. The fourth-order valence-electron chi connectivity index (χ4n) is 2.40. The minimum Gasteiger partial charge on any atom is -0.351 e. The van der Waals surface area contributed by atoms with Crippen LogP contribution in [0.2, 0.25) is 0 Å². The normalized spacial score (nSPS) is 10.7. The second-order valence-electron chi connectivity index (χ2n) is 5.40. The molecule has 0 aliphatic heterocycles. The molecule has 0 saturated heterocycles. The first-order chi connectivity index (χ1) is 11.1. The lowest BCUT2D eigenvalue weighted by molar-refractivity contribution is 0.0952. The highest BCUT2D eigenvalue weighted by atomic mass is 16.2. The van der Waals surface area contributed by atoms with Crippen molar-refractivity contribution in [3.63, 3.8) is 0 Å². The molecule has 0 atom stereocenters. The largest absolute Gasteiger partial charge is 0.351 e. The summed E-state index contributed by atoms with van der Waals surface area (Å²) < 4.78 is 1.40. The van der Waals surface area contributed by atoms with Gasteiger partial charge in [0.25, 0.3) is 11.5 Å². The van der Waals surface area contributed by atoms with E-state index in [-0.39, 0.29) is 11.1 Å². The van der Waals surface area contributed by atoms with Crippen molar-refractivity contribution in [3.8, 4) is 0 Å². The summed E-state index contributed by atoms with van der Waals surface area (Å²) in [6.07, 6.45) is 3.74. The van der Waals surface area contributed by atoms with Crippen LogP contribution in [0.4, 0.5) is 0 Å². The molecule has 1 N–H and O–H groups in total. The van der Waals surface area contributed by atoms with Crippen LogP contribution < -0.4 is 10.9 Å². The number of nitrogens with zero attached hydrogens (tertiary/aromatic N) is 2. The summed E-state index contributed by atoms with van der Waals surface area (Å²) in [6.45, 7) is 2.36. The van der Waals surface area contributed by atoms with Gasteiger partial charge in [-0.3, -0.25) is 14.0 Å². The molecule has 0 spiro atoms. The average molecular weight is 307 g/mol. The first kappa shape index (κ1) is 15.0. The van der Waals surface area contributed by atoms with Crippen molar-refractivity contribution in [2.45, 2.75) is 13.3 Å². The molecule has 0 fully saturated rings. The molecular formula is C18H17N3O2. The Morgan fingerprint density at radius 3 is 2.74 bits per heavy atom. The molecule has 23 heavy (non-hydrogen) atoms. The number of carbonyl (C=O) groups excluding carboxylic acids is 1. The Balaban J connectivity index is 1.76. The van der Waals surface area contributed by atoms with Gasteiger partial charge in [-0.25, -0.2) is 4.98 Å². The molecule has 3 rings (SSSR count). The summed E-state index contributed by atoms with van der Waals surface area (Å²) in [5.74, 6) is -0.394. The zero-order chi connectivity index (χ0) is 16.2. The van der Waals surface area contributed by atoms with Gasteiger partial charge in [-0.05, 0) is 30.5 Å². The molecule has 2 heterocycles. The van der Waals surface area contributed by atoms with E-state index < -0.39 is 5.91 Å². The van der Waals surface area contributed by atoms with Crippen LogP contribution in [0, 0.1) is 6.92 Å². The molecule has 2 aromatic heterocycles. The molecule has 0 unspecified atom stereocenters. The third-order valence-corrected chi connectivity index (χ3v) is 3.64. The molecule has 5 heteroatoms. The highest BCUT2D eigenvalue weighted by Gasteiger charge is 2.12. The third kappa shape index (κ3) is 3.29. The summed E-state index contributed by atoms with van der Waals surface area (Å²) in [5.41, 5.74) is 2.30. The molecule has 1 amide bonds. The Morgan fingerprint density at radius 1 is 1.17 bits per heavy atom. The van der Waals surface area contributed by atoms with Gasteiger partial charge in [-0.15, -0.1) is 0 Å². The van der Waals surface area contributed by atoms with E-state index in [1.165, 1.54) is 10.6 Å². The highest BCUT2D eigenvalue weighted by molar-refractivity contribution is 5.93. The molecule has 0 bridgehead atoms. The van der Waals surface area contributed by atoms with Crippen molar-refractivity contribution in [1.82, 2.24) is 14.7 Å². The highest BCUT2D eigenvalue weighted by Crippen LogP contribution is 2.02. The molecule has 0 aliphatic carbocycles. The lowest BCUT2D eigenvalue weighted by Gasteiger charge is -2.07. The van der Waals surface area contributed by atoms with Crippen molar-refractivity contribution in [1.29, 1.82) is 0 Å². The minimum absolute atomic E-state index is 0.0566. The summed E-state index contributed by atoms with van der Waals surface area (Å²) in [6, 6.07) is 13.5. The lowest BCUT2D eigenvalue weighted by Crippen LogP contribution is -2.32. The number of carbonyl (C=O) groups is 1. The van der Waals surface area contributed by atoms with Gasteiger partial charge in [-0.2, -0.15) is 0 Å². The van der Waals surface area contributed by atoms with Crippen LogP contribution in [0.3, 0.4) is 0 Å². The molecule has 116 valence electrons. The predicted octanol–water partition coefficient (Wildman–Crippen LogP) is 1.98. The van der Waals surface area contributed by atoms with Crippen molar-refractivity contribution in [3.05, 3.63) is 81.9 Å². The van der Waals surface area contributed by atoms with Gasteiger partial charge >= 0.3 is 0 Å².